The number of aromatic nitrogens is 3. The number of halogens is 1. The molecule has 4 N–H and O–H groups in total. The number of sulfonamides is 1. The second kappa shape index (κ2) is 5.36. The van der Waals surface area contributed by atoms with Crippen molar-refractivity contribution in [3.63, 3.8) is 0 Å². The Kier molecular flexibility index (Phi) is 3.76. The molecule has 0 amide bonds. The average molecular weight is 314 g/mol. The smallest absolute Gasteiger partial charge is 0.283 e. The van der Waals surface area contributed by atoms with Crippen molar-refractivity contribution in [2.45, 2.75) is 5.03 Å². The van der Waals surface area contributed by atoms with Crippen molar-refractivity contribution in [2.75, 3.05) is 4.72 Å². The molecule has 0 saturated carbocycles. The summed E-state index contributed by atoms with van der Waals surface area (Å²) in [4.78, 5) is 3.49. The average Bonchev–Trinajstić information content (AvgIpc) is 2.79. The zero-order chi connectivity index (χ0) is 15.6. The summed E-state index contributed by atoms with van der Waals surface area (Å²) < 4.78 is 41.1. The molecule has 0 aliphatic heterocycles. The van der Waals surface area contributed by atoms with Crippen LogP contribution < -0.4 is 10.5 Å². The summed E-state index contributed by atoms with van der Waals surface area (Å²) >= 11 is 0. The molecule has 2 rings (SSSR count). The quantitative estimate of drug-likeness (QED) is 0.311. The summed E-state index contributed by atoms with van der Waals surface area (Å²) in [7, 11) is -2.86. The molecule has 0 saturated heterocycles. The number of amidine groups is 1. The number of aryl methyl sites for hydroxylation is 1. The van der Waals surface area contributed by atoms with Gasteiger partial charge in [0.2, 0.25) is 5.03 Å². The van der Waals surface area contributed by atoms with Crippen molar-refractivity contribution in [3.05, 3.63) is 35.9 Å². The molecule has 0 bridgehead atoms. The van der Waals surface area contributed by atoms with Gasteiger partial charge in [-0.25, -0.2) is 9.37 Å². The standard InChI is InChI=1S/C10H11FN6O3S/c1-17-9(6(5-14-17)8(12)15-18)16-21(19,20)10-7(11)3-2-4-13-10/h2-5,16,18H,1H3,(H2,12,15). The molecule has 0 unspecified atom stereocenters. The monoisotopic (exact) mass is 314 g/mol. The lowest BCUT2D eigenvalue weighted by molar-refractivity contribution is 0.318. The fraction of sp³-hybridized carbons (Fsp3) is 0.100. The predicted molar refractivity (Wildman–Crippen MR) is 70.7 cm³/mol. The maximum Gasteiger partial charge on any atom is 0.283 e. The van der Waals surface area contributed by atoms with E-state index in [4.69, 9.17) is 10.9 Å². The van der Waals surface area contributed by atoms with E-state index in [9.17, 15) is 12.8 Å². The Bertz CT molecular complexity index is 801. The number of hydrogen-bond donors (Lipinski definition) is 3. The highest BCUT2D eigenvalue weighted by atomic mass is 32.2. The molecule has 2 heterocycles. The second-order valence-corrected chi connectivity index (χ2v) is 5.51. The third kappa shape index (κ3) is 2.76. The normalized spacial score (nSPS) is 12.4. The lowest BCUT2D eigenvalue weighted by Crippen LogP contribution is -2.21. The summed E-state index contributed by atoms with van der Waals surface area (Å²) in [5.74, 6) is -1.44. The van der Waals surface area contributed by atoms with Crippen LogP contribution in [0.15, 0.2) is 34.7 Å². The van der Waals surface area contributed by atoms with E-state index in [2.05, 4.69) is 20.0 Å². The number of oxime groups is 1. The van der Waals surface area contributed by atoms with Crippen molar-refractivity contribution < 1.29 is 18.0 Å². The Morgan fingerprint density at radius 1 is 1.57 bits per heavy atom. The van der Waals surface area contributed by atoms with Gasteiger partial charge >= 0.3 is 0 Å². The van der Waals surface area contributed by atoms with Crippen LogP contribution >= 0.6 is 0 Å². The molecule has 0 aliphatic rings. The van der Waals surface area contributed by atoms with Crippen molar-refractivity contribution in [1.82, 2.24) is 14.8 Å². The summed E-state index contributed by atoms with van der Waals surface area (Å²) in [6.45, 7) is 0. The first kappa shape index (κ1) is 14.7. The third-order valence-corrected chi connectivity index (χ3v) is 3.80. The van der Waals surface area contributed by atoms with E-state index in [0.717, 1.165) is 16.9 Å². The molecular formula is C10H11FN6O3S. The van der Waals surface area contributed by atoms with Gasteiger partial charge in [0.05, 0.1) is 11.8 Å². The molecule has 2 aromatic heterocycles. The maximum absolute atomic E-state index is 13.5. The van der Waals surface area contributed by atoms with Crippen LogP contribution in [0.3, 0.4) is 0 Å². The molecule has 2 aromatic rings. The molecule has 0 atom stereocenters. The molecule has 0 fully saturated rings. The van der Waals surface area contributed by atoms with E-state index in [0.29, 0.717) is 0 Å². The Morgan fingerprint density at radius 3 is 2.90 bits per heavy atom. The molecule has 9 nitrogen and oxygen atoms in total. The number of rotatable bonds is 4. The van der Waals surface area contributed by atoms with Gasteiger partial charge in [-0.3, -0.25) is 9.40 Å². The van der Waals surface area contributed by atoms with Crippen LogP contribution in [-0.2, 0) is 17.1 Å². The van der Waals surface area contributed by atoms with E-state index >= 15 is 0 Å². The number of pyridine rings is 1. The van der Waals surface area contributed by atoms with E-state index in [1.54, 1.807) is 0 Å². The highest BCUT2D eigenvalue weighted by Crippen LogP contribution is 2.19. The molecular weight excluding hydrogens is 303 g/mol. The Balaban J connectivity index is 2.48. The summed E-state index contributed by atoms with van der Waals surface area (Å²) in [5.41, 5.74) is 5.46. The Hall–Kier alpha value is -2.69. The number of anilines is 1. The molecule has 0 aliphatic carbocycles. The van der Waals surface area contributed by atoms with Gasteiger partial charge in [0.15, 0.2) is 11.7 Å². The van der Waals surface area contributed by atoms with Crippen LogP contribution in [0.4, 0.5) is 10.2 Å². The Morgan fingerprint density at radius 2 is 2.29 bits per heavy atom. The minimum atomic E-state index is -4.29. The molecule has 0 radical (unpaired) electrons. The predicted octanol–water partition coefficient (Wildman–Crippen LogP) is -0.151. The van der Waals surface area contributed by atoms with Crippen LogP contribution in [0.25, 0.3) is 0 Å². The van der Waals surface area contributed by atoms with Gasteiger partial charge in [0, 0.05) is 13.2 Å². The summed E-state index contributed by atoms with van der Waals surface area (Å²) in [5, 5.41) is 14.4. The van der Waals surface area contributed by atoms with Gasteiger partial charge in [0.1, 0.15) is 5.82 Å². The topological polar surface area (TPSA) is 135 Å². The highest BCUT2D eigenvalue weighted by molar-refractivity contribution is 7.92. The number of nitrogens with two attached hydrogens (primary N) is 1. The van der Waals surface area contributed by atoms with Gasteiger partial charge in [-0.15, -0.1) is 0 Å². The minimum absolute atomic E-state index is 0.0416. The van der Waals surface area contributed by atoms with Gasteiger partial charge in [0.25, 0.3) is 10.0 Å². The SMILES string of the molecule is Cn1ncc(/C(N)=N/O)c1NS(=O)(=O)c1ncccc1F. The first-order valence-corrected chi connectivity index (χ1v) is 6.98. The first-order valence-electron chi connectivity index (χ1n) is 5.50. The number of hydrogen-bond acceptors (Lipinski definition) is 6. The van der Waals surface area contributed by atoms with E-state index < -0.39 is 20.9 Å². The van der Waals surface area contributed by atoms with Crippen LogP contribution in [0.1, 0.15) is 5.56 Å². The fourth-order valence-corrected chi connectivity index (χ4v) is 2.66. The van der Waals surface area contributed by atoms with E-state index in [-0.39, 0.29) is 17.2 Å². The Labute approximate surface area is 119 Å². The lowest BCUT2D eigenvalue weighted by atomic mass is 10.3. The van der Waals surface area contributed by atoms with Gasteiger partial charge < -0.3 is 10.9 Å². The number of nitrogens with one attached hydrogen (secondary N) is 1. The van der Waals surface area contributed by atoms with Crippen LogP contribution in [-0.4, -0.2) is 34.2 Å². The molecule has 0 spiro atoms. The summed E-state index contributed by atoms with van der Waals surface area (Å²) in [6.07, 6.45) is 2.34. The highest BCUT2D eigenvalue weighted by Gasteiger charge is 2.24. The largest absolute Gasteiger partial charge is 0.409 e. The van der Waals surface area contributed by atoms with Crippen LogP contribution in [0.2, 0.25) is 0 Å². The maximum atomic E-state index is 13.5. The lowest BCUT2D eigenvalue weighted by Gasteiger charge is -2.09. The zero-order valence-electron chi connectivity index (χ0n) is 10.7. The van der Waals surface area contributed by atoms with Gasteiger partial charge in [-0.05, 0) is 12.1 Å². The van der Waals surface area contributed by atoms with Crippen molar-refractivity contribution in [2.24, 2.45) is 17.9 Å². The van der Waals surface area contributed by atoms with Crippen molar-refractivity contribution in [3.8, 4) is 0 Å². The summed E-state index contributed by atoms with van der Waals surface area (Å²) in [6, 6.07) is 2.23. The molecule has 0 aromatic carbocycles. The molecule has 11 heteroatoms. The van der Waals surface area contributed by atoms with Crippen molar-refractivity contribution >= 4 is 21.7 Å². The van der Waals surface area contributed by atoms with Crippen LogP contribution in [0, 0.1) is 5.82 Å². The van der Waals surface area contributed by atoms with E-state index in [1.165, 1.54) is 19.3 Å². The van der Waals surface area contributed by atoms with Gasteiger partial charge in [-0.1, -0.05) is 5.16 Å². The molecule has 112 valence electrons. The fourth-order valence-electron chi connectivity index (χ4n) is 1.54. The molecule has 21 heavy (non-hydrogen) atoms. The number of nitrogens with zero attached hydrogens (tertiary/aromatic N) is 4. The van der Waals surface area contributed by atoms with Crippen molar-refractivity contribution in [1.29, 1.82) is 0 Å². The second-order valence-electron chi connectivity index (χ2n) is 3.91. The van der Waals surface area contributed by atoms with Gasteiger partial charge in [-0.2, -0.15) is 13.5 Å². The zero-order valence-corrected chi connectivity index (χ0v) is 11.5. The minimum Gasteiger partial charge on any atom is -0.409 e. The van der Waals surface area contributed by atoms with Crippen LogP contribution in [0.5, 0.6) is 0 Å². The van der Waals surface area contributed by atoms with E-state index in [1.807, 2.05) is 0 Å². The third-order valence-electron chi connectivity index (χ3n) is 2.53. The first-order chi connectivity index (χ1) is 9.86.